The van der Waals surface area contributed by atoms with Gasteiger partial charge in [-0.2, -0.15) is 10.4 Å². The van der Waals surface area contributed by atoms with E-state index in [2.05, 4.69) is 12.0 Å². The summed E-state index contributed by atoms with van der Waals surface area (Å²) in [5.74, 6) is 0.318. The van der Waals surface area contributed by atoms with Crippen molar-refractivity contribution < 1.29 is 9.59 Å². The number of benzene rings is 2. The van der Waals surface area contributed by atoms with Crippen LogP contribution >= 0.6 is 0 Å². The molecule has 2 aromatic carbocycles. The summed E-state index contributed by atoms with van der Waals surface area (Å²) < 4.78 is 1.39. The Bertz CT molecular complexity index is 1150. The number of nitrogens with zero attached hydrogens (tertiary/aromatic N) is 3. The summed E-state index contributed by atoms with van der Waals surface area (Å²) in [6.07, 6.45) is 4.34. The van der Waals surface area contributed by atoms with Gasteiger partial charge in [-0.15, -0.1) is 0 Å². The van der Waals surface area contributed by atoms with Crippen molar-refractivity contribution in [1.29, 1.82) is 5.26 Å². The average molecular weight is 401 g/mol. The molecule has 30 heavy (non-hydrogen) atoms. The van der Waals surface area contributed by atoms with Gasteiger partial charge in [-0.25, -0.2) is 4.68 Å². The second kappa shape index (κ2) is 8.62. The lowest BCUT2D eigenvalue weighted by Gasteiger charge is -2.10. The number of hydrogen-bond donors (Lipinski definition) is 2. The lowest BCUT2D eigenvalue weighted by atomic mass is 10.0. The zero-order valence-corrected chi connectivity index (χ0v) is 16.9. The number of carbonyl (C=O) groups is 2. The molecule has 3 aromatic rings. The number of primary amides is 1. The van der Waals surface area contributed by atoms with Crippen LogP contribution in [0, 0.1) is 24.2 Å². The molecule has 1 aromatic heterocycles. The predicted octanol–water partition coefficient (Wildman–Crippen LogP) is 3.38. The van der Waals surface area contributed by atoms with Crippen LogP contribution in [0.15, 0.2) is 48.7 Å². The second-order valence-corrected chi connectivity index (χ2v) is 7.43. The highest BCUT2D eigenvalue weighted by molar-refractivity contribution is 6.11. The third-order valence-electron chi connectivity index (χ3n) is 4.89. The molecule has 0 bridgehead atoms. The average Bonchev–Trinajstić information content (AvgIpc) is 3.44. The number of amides is 1. The van der Waals surface area contributed by atoms with Crippen LogP contribution in [-0.2, 0) is 0 Å². The molecule has 7 heteroatoms. The van der Waals surface area contributed by atoms with Gasteiger partial charge in [-0.3, -0.25) is 9.59 Å². The summed E-state index contributed by atoms with van der Waals surface area (Å²) >= 11 is 0. The van der Waals surface area contributed by atoms with E-state index in [1.807, 2.05) is 13.0 Å². The van der Waals surface area contributed by atoms with Gasteiger partial charge in [0.1, 0.15) is 5.82 Å². The molecule has 1 saturated carbocycles. The van der Waals surface area contributed by atoms with Crippen molar-refractivity contribution in [3.05, 3.63) is 76.5 Å². The largest absolute Gasteiger partial charge is 0.383 e. The van der Waals surface area contributed by atoms with Gasteiger partial charge < -0.3 is 11.5 Å². The van der Waals surface area contributed by atoms with Crippen LogP contribution in [0.3, 0.4) is 0 Å². The quantitative estimate of drug-likeness (QED) is 0.648. The molecule has 4 rings (SSSR count). The van der Waals surface area contributed by atoms with Crippen LogP contribution < -0.4 is 11.5 Å². The minimum atomic E-state index is -0.568. The first-order valence-electron chi connectivity index (χ1n) is 9.61. The molecule has 4 N–H and O–H groups in total. The van der Waals surface area contributed by atoms with Gasteiger partial charge in [-0.1, -0.05) is 38.0 Å². The maximum atomic E-state index is 12.7. The van der Waals surface area contributed by atoms with E-state index in [1.165, 1.54) is 29.8 Å². The van der Waals surface area contributed by atoms with Gasteiger partial charge >= 0.3 is 0 Å². The highest BCUT2D eigenvalue weighted by atomic mass is 16.1. The minimum absolute atomic E-state index is 0.141. The number of nitrogens with two attached hydrogens (primary N) is 2. The van der Waals surface area contributed by atoms with Crippen molar-refractivity contribution >= 4 is 17.5 Å². The number of carbonyl (C=O) groups excluding carboxylic acids is 2. The van der Waals surface area contributed by atoms with E-state index in [1.54, 1.807) is 36.4 Å². The summed E-state index contributed by atoms with van der Waals surface area (Å²) in [7, 11) is 0. The number of aryl methyl sites for hydroxylation is 1. The molecule has 1 fully saturated rings. The minimum Gasteiger partial charge on any atom is -0.383 e. The van der Waals surface area contributed by atoms with Crippen molar-refractivity contribution in [3.63, 3.8) is 0 Å². The Morgan fingerprint density at radius 1 is 1.17 bits per heavy atom. The summed E-state index contributed by atoms with van der Waals surface area (Å²) in [4.78, 5) is 24.1. The standard InChI is InChI=1S/C19H15N5O2.C4H8/c1-11-5-6-14(19(22)26)8-16(11)24-18(21)15(10-23-24)17(25)13-4-2-3-12(7-13)9-20;1-4-2-3-4/h2-8,10H,21H2,1H3,(H2,22,26);4H,2-3H2,1H3. The van der Waals surface area contributed by atoms with E-state index in [0.717, 1.165) is 11.5 Å². The van der Waals surface area contributed by atoms with Crippen LogP contribution in [0.2, 0.25) is 0 Å². The smallest absolute Gasteiger partial charge is 0.248 e. The lowest BCUT2D eigenvalue weighted by molar-refractivity contribution is 0.0998. The number of hydrogen-bond acceptors (Lipinski definition) is 5. The van der Waals surface area contributed by atoms with E-state index in [4.69, 9.17) is 16.7 Å². The molecule has 0 unspecified atom stereocenters. The highest BCUT2D eigenvalue weighted by Crippen LogP contribution is 2.26. The van der Waals surface area contributed by atoms with Crippen LogP contribution in [0.25, 0.3) is 5.69 Å². The van der Waals surface area contributed by atoms with Crippen molar-refractivity contribution in [2.45, 2.75) is 26.7 Å². The fourth-order valence-electron chi connectivity index (χ4n) is 2.77. The van der Waals surface area contributed by atoms with Crippen LogP contribution in [0.5, 0.6) is 0 Å². The molecule has 1 aliphatic rings. The Hall–Kier alpha value is -3.92. The molecule has 0 aliphatic heterocycles. The van der Waals surface area contributed by atoms with Crippen molar-refractivity contribution in [2.24, 2.45) is 11.7 Å². The number of rotatable bonds is 4. The van der Waals surface area contributed by atoms with Crippen molar-refractivity contribution in [1.82, 2.24) is 9.78 Å². The lowest BCUT2D eigenvalue weighted by Crippen LogP contribution is -2.13. The maximum absolute atomic E-state index is 12.7. The summed E-state index contributed by atoms with van der Waals surface area (Å²) in [6, 6.07) is 13.3. The molecule has 0 radical (unpaired) electrons. The van der Waals surface area contributed by atoms with E-state index >= 15 is 0 Å². The molecule has 1 amide bonds. The van der Waals surface area contributed by atoms with Crippen molar-refractivity contribution in [2.75, 3.05) is 5.73 Å². The third kappa shape index (κ3) is 4.55. The first-order chi connectivity index (χ1) is 14.3. The summed E-state index contributed by atoms with van der Waals surface area (Å²) in [5.41, 5.74) is 14.1. The molecule has 152 valence electrons. The zero-order chi connectivity index (χ0) is 21.8. The van der Waals surface area contributed by atoms with Crippen LogP contribution in [-0.4, -0.2) is 21.5 Å². The van der Waals surface area contributed by atoms with Gasteiger partial charge in [0.15, 0.2) is 5.78 Å². The first-order valence-corrected chi connectivity index (χ1v) is 9.61. The monoisotopic (exact) mass is 401 g/mol. The fraction of sp³-hybridized carbons (Fsp3) is 0.217. The van der Waals surface area contributed by atoms with Gasteiger partial charge in [0.2, 0.25) is 5.91 Å². The number of anilines is 1. The van der Waals surface area contributed by atoms with E-state index in [0.29, 0.717) is 22.4 Å². The Morgan fingerprint density at radius 3 is 2.47 bits per heavy atom. The van der Waals surface area contributed by atoms with E-state index in [9.17, 15) is 9.59 Å². The van der Waals surface area contributed by atoms with E-state index < -0.39 is 5.91 Å². The summed E-state index contributed by atoms with van der Waals surface area (Å²) in [5, 5.41) is 13.2. The number of ketones is 1. The topological polar surface area (TPSA) is 128 Å². The molecule has 0 spiro atoms. The molecule has 1 heterocycles. The SMILES string of the molecule is CC1CC1.Cc1ccc(C(N)=O)cc1-n1ncc(C(=O)c2cccc(C#N)c2)c1N. The first kappa shape index (κ1) is 20.8. The molecular weight excluding hydrogens is 378 g/mol. The number of nitriles is 1. The maximum Gasteiger partial charge on any atom is 0.248 e. The Balaban J connectivity index is 0.000000572. The molecule has 0 atom stereocenters. The van der Waals surface area contributed by atoms with Gasteiger partial charge in [-0.05, 0) is 42.7 Å². The Labute approximate surface area is 174 Å². The fourth-order valence-corrected chi connectivity index (χ4v) is 2.77. The predicted molar refractivity (Wildman–Crippen MR) is 114 cm³/mol. The molecule has 7 nitrogen and oxygen atoms in total. The van der Waals surface area contributed by atoms with Crippen LogP contribution in [0.4, 0.5) is 5.82 Å². The van der Waals surface area contributed by atoms with Gasteiger partial charge in [0.25, 0.3) is 0 Å². The zero-order valence-electron chi connectivity index (χ0n) is 16.9. The van der Waals surface area contributed by atoms with Crippen molar-refractivity contribution in [3.8, 4) is 11.8 Å². The number of aromatic nitrogens is 2. The Morgan fingerprint density at radius 2 is 1.87 bits per heavy atom. The third-order valence-corrected chi connectivity index (χ3v) is 4.89. The summed E-state index contributed by atoms with van der Waals surface area (Å²) in [6.45, 7) is 4.11. The normalized spacial score (nSPS) is 12.4. The Kier molecular flexibility index (Phi) is 5.98. The van der Waals surface area contributed by atoms with Gasteiger partial charge in [0, 0.05) is 11.1 Å². The van der Waals surface area contributed by atoms with Crippen LogP contribution in [0.1, 0.15) is 57.2 Å². The highest BCUT2D eigenvalue weighted by Gasteiger charge is 2.19. The second-order valence-electron chi connectivity index (χ2n) is 7.43. The molecular formula is C23H23N5O2. The molecule has 0 saturated heterocycles. The van der Waals surface area contributed by atoms with E-state index in [-0.39, 0.29) is 17.2 Å². The molecule has 1 aliphatic carbocycles. The number of nitrogen functional groups attached to an aromatic ring is 1. The van der Waals surface area contributed by atoms with Gasteiger partial charge in [0.05, 0.1) is 29.1 Å².